The zero-order valence-corrected chi connectivity index (χ0v) is 11.8. The summed E-state index contributed by atoms with van der Waals surface area (Å²) in [5.74, 6) is 0. The summed E-state index contributed by atoms with van der Waals surface area (Å²) < 4.78 is 32.5. The van der Waals surface area contributed by atoms with E-state index in [1.807, 2.05) is 6.07 Å². The minimum Gasteiger partial charge on any atom is -0.378 e. The topological polar surface area (TPSA) is 83.3 Å². The van der Waals surface area contributed by atoms with Crippen LogP contribution >= 0.6 is 0 Å². The molecule has 1 aliphatic carbocycles. The first kappa shape index (κ1) is 13.5. The summed E-state index contributed by atoms with van der Waals surface area (Å²) in [6, 6.07) is 4.76. The Morgan fingerprint density at radius 3 is 2.75 bits per heavy atom. The van der Waals surface area contributed by atoms with Crippen molar-refractivity contribution < 1.29 is 13.2 Å². The van der Waals surface area contributed by atoms with Gasteiger partial charge in [-0.3, -0.25) is 0 Å². The molecule has 0 aromatic carbocycles. The zero-order chi connectivity index (χ0) is 14.2. The van der Waals surface area contributed by atoms with Gasteiger partial charge in [-0.1, -0.05) is 0 Å². The lowest BCUT2D eigenvalue weighted by Crippen LogP contribution is -2.62. The molecule has 1 aromatic heterocycles. The Morgan fingerprint density at radius 2 is 2.20 bits per heavy atom. The number of morpholine rings is 1. The van der Waals surface area contributed by atoms with Crippen LogP contribution in [0.5, 0.6) is 0 Å². The van der Waals surface area contributed by atoms with Crippen LogP contribution in [0, 0.1) is 11.3 Å². The van der Waals surface area contributed by atoms with E-state index in [1.165, 1.54) is 18.3 Å². The van der Waals surface area contributed by atoms with E-state index in [0.29, 0.717) is 19.8 Å². The highest BCUT2D eigenvalue weighted by atomic mass is 32.2. The van der Waals surface area contributed by atoms with Crippen molar-refractivity contribution in [3.8, 4) is 6.07 Å². The molecule has 7 heteroatoms. The fourth-order valence-electron chi connectivity index (χ4n) is 2.80. The highest BCUT2D eigenvalue weighted by molar-refractivity contribution is 7.89. The third kappa shape index (κ3) is 2.00. The lowest BCUT2D eigenvalue weighted by atomic mass is 9.77. The first-order valence-electron chi connectivity index (χ1n) is 6.55. The molecule has 1 aromatic rings. The van der Waals surface area contributed by atoms with Gasteiger partial charge in [0.15, 0.2) is 0 Å². The number of rotatable bonds is 2. The molecule has 0 unspecified atom stereocenters. The van der Waals surface area contributed by atoms with Crippen molar-refractivity contribution in [2.75, 3.05) is 19.8 Å². The van der Waals surface area contributed by atoms with Crippen molar-refractivity contribution in [3.63, 3.8) is 0 Å². The summed E-state index contributed by atoms with van der Waals surface area (Å²) >= 11 is 0. The Labute approximate surface area is 118 Å². The molecule has 1 saturated carbocycles. The highest BCUT2D eigenvalue weighted by Crippen LogP contribution is 2.42. The lowest BCUT2D eigenvalue weighted by molar-refractivity contribution is -0.0649. The molecule has 2 heterocycles. The summed E-state index contributed by atoms with van der Waals surface area (Å²) in [4.78, 5) is 3.99. The van der Waals surface area contributed by atoms with E-state index in [-0.39, 0.29) is 16.1 Å². The lowest BCUT2D eigenvalue weighted by Gasteiger charge is -2.51. The van der Waals surface area contributed by atoms with E-state index in [0.717, 1.165) is 19.3 Å². The highest BCUT2D eigenvalue weighted by Gasteiger charge is 2.50. The molecule has 0 atom stereocenters. The molecule has 1 spiro atoms. The molecular formula is C13H15N3O3S. The number of nitriles is 1. The Morgan fingerprint density at radius 1 is 1.40 bits per heavy atom. The van der Waals surface area contributed by atoms with E-state index in [2.05, 4.69) is 4.98 Å². The predicted molar refractivity (Wildman–Crippen MR) is 70.2 cm³/mol. The summed E-state index contributed by atoms with van der Waals surface area (Å²) in [6.45, 7) is 1.27. The van der Waals surface area contributed by atoms with Gasteiger partial charge in [0, 0.05) is 12.7 Å². The summed E-state index contributed by atoms with van der Waals surface area (Å²) in [5.41, 5.74) is -0.158. The van der Waals surface area contributed by atoms with Gasteiger partial charge in [-0.2, -0.15) is 9.57 Å². The standard InChI is InChI=1S/C13H15N3O3S/c14-8-11-2-3-12(9-15-11)20(17,18)16-6-7-19-10-13(16)4-1-5-13/h2-3,9H,1,4-7,10H2. The predicted octanol–water partition coefficient (Wildman–Crippen LogP) is 0.897. The minimum absolute atomic E-state index is 0.143. The van der Waals surface area contributed by atoms with Gasteiger partial charge in [-0.05, 0) is 31.4 Å². The van der Waals surface area contributed by atoms with Crippen LogP contribution in [0.1, 0.15) is 25.0 Å². The Bertz CT molecular complexity index is 644. The molecule has 2 fully saturated rings. The number of hydrogen-bond donors (Lipinski definition) is 0. The van der Waals surface area contributed by atoms with Gasteiger partial charge >= 0.3 is 0 Å². The van der Waals surface area contributed by atoms with Gasteiger partial charge in [0.05, 0.1) is 18.8 Å². The van der Waals surface area contributed by atoms with Crippen LogP contribution in [-0.4, -0.2) is 43.0 Å². The average Bonchev–Trinajstić information content (AvgIpc) is 2.45. The van der Waals surface area contributed by atoms with Crippen molar-refractivity contribution in [2.24, 2.45) is 0 Å². The average molecular weight is 293 g/mol. The second kappa shape index (κ2) is 4.81. The number of pyridine rings is 1. The van der Waals surface area contributed by atoms with Crippen molar-refractivity contribution in [1.29, 1.82) is 5.26 Å². The Kier molecular flexibility index (Phi) is 3.24. The molecule has 1 saturated heterocycles. The van der Waals surface area contributed by atoms with E-state index in [9.17, 15) is 8.42 Å². The normalized spacial score (nSPS) is 22.1. The SMILES string of the molecule is N#Cc1ccc(S(=O)(=O)N2CCOCC23CCC3)cn1. The van der Waals surface area contributed by atoms with Crippen LogP contribution in [0.4, 0.5) is 0 Å². The maximum absolute atomic E-state index is 12.7. The van der Waals surface area contributed by atoms with Crippen molar-refractivity contribution in [3.05, 3.63) is 24.0 Å². The maximum Gasteiger partial charge on any atom is 0.245 e. The summed E-state index contributed by atoms with van der Waals surface area (Å²) in [5, 5.41) is 8.72. The van der Waals surface area contributed by atoms with Gasteiger partial charge in [0.25, 0.3) is 0 Å². The van der Waals surface area contributed by atoms with Gasteiger partial charge in [0.2, 0.25) is 10.0 Å². The van der Waals surface area contributed by atoms with Gasteiger partial charge in [0.1, 0.15) is 16.7 Å². The van der Waals surface area contributed by atoms with E-state index in [1.54, 1.807) is 4.31 Å². The molecule has 20 heavy (non-hydrogen) atoms. The van der Waals surface area contributed by atoms with Crippen molar-refractivity contribution in [2.45, 2.75) is 29.7 Å². The molecule has 0 radical (unpaired) electrons. The molecule has 0 amide bonds. The Balaban J connectivity index is 1.95. The molecule has 106 valence electrons. The molecule has 0 bridgehead atoms. The fourth-order valence-corrected chi connectivity index (χ4v) is 4.54. The van der Waals surface area contributed by atoms with Crippen LogP contribution in [0.3, 0.4) is 0 Å². The van der Waals surface area contributed by atoms with Crippen LogP contribution < -0.4 is 0 Å². The third-order valence-electron chi connectivity index (χ3n) is 4.06. The van der Waals surface area contributed by atoms with Gasteiger partial charge in [-0.25, -0.2) is 13.4 Å². The summed E-state index contributed by atoms with van der Waals surface area (Å²) in [7, 11) is -3.57. The van der Waals surface area contributed by atoms with Crippen molar-refractivity contribution >= 4 is 10.0 Å². The number of sulfonamides is 1. The second-order valence-corrected chi connectivity index (χ2v) is 7.06. The number of ether oxygens (including phenoxy) is 1. The monoisotopic (exact) mass is 293 g/mol. The number of nitrogens with zero attached hydrogens (tertiary/aromatic N) is 3. The molecule has 2 aliphatic rings. The quantitative estimate of drug-likeness (QED) is 0.809. The van der Waals surface area contributed by atoms with Crippen LogP contribution in [-0.2, 0) is 14.8 Å². The third-order valence-corrected chi connectivity index (χ3v) is 6.05. The molecule has 0 N–H and O–H groups in total. The first-order valence-corrected chi connectivity index (χ1v) is 7.99. The van der Waals surface area contributed by atoms with Crippen LogP contribution in [0.15, 0.2) is 23.2 Å². The van der Waals surface area contributed by atoms with Gasteiger partial charge < -0.3 is 4.74 Å². The van der Waals surface area contributed by atoms with Gasteiger partial charge in [-0.15, -0.1) is 0 Å². The molecule has 6 nitrogen and oxygen atoms in total. The maximum atomic E-state index is 12.7. The smallest absolute Gasteiger partial charge is 0.245 e. The van der Waals surface area contributed by atoms with E-state index < -0.39 is 10.0 Å². The first-order chi connectivity index (χ1) is 9.58. The number of aromatic nitrogens is 1. The minimum atomic E-state index is -3.57. The van der Waals surface area contributed by atoms with E-state index in [4.69, 9.17) is 10.00 Å². The zero-order valence-electron chi connectivity index (χ0n) is 10.9. The number of hydrogen-bond acceptors (Lipinski definition) is 5. The fraction of sp³-hybridized carbons (Fsp3) is 0.538. The molecule has 1 aliphatic heterocycles. The second-order valence-electron chi connectivity index (χ2n) is 5.20. The Hall–Kier alpha value is -1.49. The van der Waals surface area contributed by atoms with E-state index >= 15 is 0 Å². The van der Waals surface area contributed by atoms with Crippen molar-refractivity contribution in [1.82, 2.24) is 9.29 Å². The van der Waals surface area contributed by atoms with Crippen LogP contribution in [0.2, 0.25) is 0 Å². The van der Waals surface area contributed by atoms with Crippen LogP contribution in [0.25, 0.3) is 0 Å². The molecule has 3 rings (SSSR count). The molecular weight excluding hydrogens is 278 g/mol. The largest absolute Gasteiger partial charge is 0.378 e. The summed E-state index contributed by atoms with van der Waals surface area (Å²) in [6.07, 6.45) is 3.97.